The van der Waals surface area contributed by atoms with Crippen LogP contribution in [-0.4, -0.2) is 42.1 Å². The Morgan fingerprint density at radius 1 is 1.05 bits per heavy atom. The molecule has 1 aliphatic heterocycles. The van der Waals surface area contributed by atoms with Crippen molar-refractivity contribution >= 4 is 33.5 Å². The van der Waals surface area contributed by atoms with Crippen LogP contribution >= 0.6 is 15.9 Å². The molecule has 2 aromatic rings. The fourth-order valence-corrected chi connectivity index (χ4v) is 2.82. The number of nitrogens with one attached hydrogen (secondary N) is 1. The Hall–Kier alpha value is -2.08. The van der Waals surface area contributed by atoms with Crippen molar-refractivity contribution in [3.05, 3.63) is 53.1 Å². The molecule has 1 aromatic heterocycles. The van der Waals surface area contributed by atoms with E-state index in [4.69, 9.17) is 0 Å². The predicted molar refractivity (Wildman–Crippen MR) is 91.2 cm³/mol. The number of rotatable bonds is 2. The van der Waals surface area contributed by atoms with E-state index in [1.165, 1.54) is 0 Å². The van der Waals surface area contributed by atoms with Gasteiger partial charge >= 0.3 is 6.03 Å². The van der Waals surface area contributed by atoms with Gasteiger partial charge in [-0.25, -0.2) is 9.78 Å². The number of para-hydroxylation sites is 1. The van der Waals surface area contributed by atoms with E-state index < -0.39 is 0 Å². The van der Waals surface area contributed by atoms with Crippen molar-refractivity contribution in [2.24, 2.45) is 0 Å². The molecule has 5 nitrogen and oxygen atoms in total. The highest BCUT2D eigenvalue weighted by atomic mass is 79.9. The van der Waals surface area contributed by atoms with Crippen LogP contribution in [0.15, 0.2) is 53.1 Å². The summed E-state index contributed by atoms with van der Waals surface area (Å²) in [6, 6.07) is 13.4. The maximum absolute atomic E-state index is 12.3. The van der Waals surface area contributed by atoms with Crippen molar-refractivity contribution in [1.29, 1.82) is 0 Å². The fraction of sp³-hybridized carbons (Fsp3) is 0.250. The Labute approximate surface area is 138 Å². The number of halogens is 1. The summed E-state index contributed by atoms with van der Waals surface area (Å²) in [5.41, 5.74) is 0.791. The van der Waals surface area contributed by atoms with Gasteiger partial charge in [-0.05, 0) is 40.2 Å². The summed E-state index contributed by atoms with van der Waals surface area (Å²) in [5.74, 6) is 0.966. The van der Waals surface area contributed by atoms with Crippen molar-refractivity contribution in [2.45, 2.75) is 0 Å². The highest BCUT2D eigenvalue weighted by Crippen LogP contribution is 2.22. The van der Waals surface area contributed by atoms with E-state index in [-0.39, 0.29) is 6.03 Å². The van der Waals surface area contributed by atoms with E-state index in [0.717, 1.165) is 29.1 Å². The molecule has 1 fully saturated rings. The van der Waals surface area contributed by atoms with Gasteiger partial charge in [0.1, 0.15) is 5.82 Å². The number of aromatic nitrogens is 1. The number of anilines is 2. The first-order valence-electron chi connectivity index (χ1n) is 7.20. The van der Waals surface area contributed by atoms with E-state index in [0.29, 0.717) is 13.1 Å². The maximum atomic E-state index is 12.3. The second kappa shape index (κ2) is 6.79. The number of hydrogen-bond acceptors (Lipinski definition) is 3. The van der Waals surface area contributed by atoms with Gasteiger partial charge in [-0.2, -0.15) is 0 Å². The number of pyridine rings is 1. The lowest BCUT2D eigenvalue weighted by Crippen LogP contribution is -2.50. The van der Waals surface area contributed by atoms with Crippen molar-refractivity contribution < 1.29 is 4.79 Å². The summed E-state index contributed by atoms with van der Waals surface area (Å²) in [5, 5.41) is 2.94. The van der Waals surface area contributed by atoms with Crippen LogP contribution in [0.25, 0.3) is 0 Å². The molecule has 6 heteroatoms. The van der Waals surface area contributed by atoms with Gasteiger partial charge < -0.3 is 15.1 Å². The smallest absolute Gasteiger partial charge is 0.321 e. The Balaban J connectivity index is 1.57. The highest BCUT2D eigenvalue weighted by Gasteiger charge is 2.22. The van der Waals surface area contributed by atoms with Gasteiger partial charge in [0.05, 0.1) is 5.69 Å². The molecule has 1 N–H and O–H groups in total. The molecule has 22 heavy (non-hydrogen) atoms. The second-order valence-corrected chi connectivity index (χ2v) is 5.93. The van der Waals surface area contributed by atoms with Gasteiger partial charge in [-0.15, -0.1) is 0 Å². The minimum atomic E-state index is -0.0624. The number of nitrogens with zero attached hydrogens (tertiary/aromatic N) is 3. The van der Waals surface area contributed by atoms with Gasteiger partial charge in [-0.1, -0.05) is 18.2 Å². The molecule has 1 aliphatic rings. The number of carbonyl (C=O) groups is 1. The van der Waals surface area contributed by atoms with Crippen LogP contribution in [0.2, 0.25) is 0 Å². The third-order valence-electron chi connectivity index (χ3n) is 3.66. The molecule has 0 spiro atoms. The summed E-state index contributed by atoms with van der Waals surface area (Å²) in [6.07, 6.45) is 1.79. The van der Waals surface area contributed by atoms with Crippen LogP contribution in [0.3, 0.4) is 0 Å². The molecule has 1 saturated heterocycles. The standard InChI is InChI=1S/C16H17BrN4O/c17-13-5-1-2-6-14(13)19-16(22)21-11-9-20(10-12-21)15-7-3-4-8-18-15/h1-8H,9-12H2,(H,19,22). The number of piperazine rings is 1. The van der Waals surface area contributed by atoms with Crippen LogP contribution < -0.4 is 10.2 Å². The van der Waals surface area contributed by atoms with Crippen molar-refractivity contribution in [3.63, 3.8) is 0 Å². The summed E-state index contributed by atoms with van der Waals surface area (Å²) >= 11 is 3.44. The van der Waals surface area contributed by atoms with Crippen LogP contribution in [0.5, 0.6) is 0 Å². The zero-order chi connectivity index (χ0) is 15.4. The Morgan fingerprint density at radius 2 is 1.77 bits per heavy atom. The monoisotopic (exact) mass is 360 g/mol. The first kappa shape index (κ1) is 14.8. The maximum Gasteiger partial charge on any atom is 0.321 e. The predicted octanol–water partition coefficient (Wildman–Crippen LogP) is 3.20. The highest BCUT2D eigenvalue weighted by molar-refractivity contribution is 9.10. The molecule has 0 unspecified atom stereocenters. The van der Waals surface area contributed by atoms with Crippen molar-refractivity contribution in [2.75, 3.05) is 36.4 Å². The number of carbonyl (C=O) groups excluding carboxylic acids is 1. The molecule has 3 rings (SSSR count). The molecule has 1 aromatic carbocycles. The van der Waals surface area contributed by atoms with Gasteiger partial charge in [0.2, 0.25) is 0 Å². The molecular weight excluding hydrogens is 344 g/mol. The van der Waals surface area contributed by atoms with Crippen LogP contribution in [0.4, 0.5) is 16.3 Å². The Morgan fingerprint density at radius 3 is 2.45 bits per heavy atom. The van der Waals surface area contributed by atoms with E-state index >= 15 is 0 Å². The summed E-state index contributed by atoms with van der Waals surface area (Å²) < 4.78 is 0.885. The van der Waals surface area contributed by atoms with Gasteiger partial charge in [0.25, 0.3) is 0 Å². The second-order valence-electron chi connectivity index (χ2n) is 5.07. The molecule has 0 bridgehead atoms. The topological polar surface area (TPSA) is 48.5 Å². The average Bonchev–Trinajstić information content (AvgIpc) is 2.58. The Bertz CT molecular complexity index is 642. The molecule has 0 aliphatic carbocycles. The molecule has 0 atom stereocenters. The van der Waals surface area contributed by atoms with Crippen molar-refractivity contribution in [3.8, 4) is 0 Å². The molecular formula is C16H17BrN4O. The lowest BCUT2D eigenvalue weighted by Gasteiger charge is -2.35. The molecule has 114 valence electrons. The van der Waals surface area contributed by atoms with Gasteiger partial charge in [0.15, 0.2) is 0 Å². The molecule has 2 heterocycles. The lowest BCUT2D eigenvalue weighted by atomic mass is 10.3. The van der Waals surface area contributed by atoms with Crippen molar-refractivity contribution in [1.82, 2.24) is 9.88 Å². The zero-order valence-electron chi connectivity index (χ0n) is 12.1. The minimum Gasteiger partial charge on any atom is -0.353 e. The van der Waals surface area contributed by atoms with Crippen LogP contribution in [0, 0.1) is 0 Å². The van der Waals surface area contributed by atoms with Crippen LogP contribution in [0.1, 0.15) is 0 Å². The van der Waals surface area contributed by atoms with E-state index in [1.807, 2.05) is 47.4 Å². The summed E-state index contributed by atoms with van der Waals surface area (Å²) in [6.45, 7) is 2.96. The number of urea groups is 1. The average molecular weight is 361 g/mol. The quantitative estimate of drug-likeness (QED) is 0.894. The minimum absolute atomic E-state index is 0.0624. The van der Waals surface area contributed by atoms with Gasteiger partial charge in [0, 0.05) is 36.8 Å². The first-order valence-corrected chi connectivity index (χ1v) is 8.00. The normalized spacial score (nSPS) is 14.8. The zero-order valence-corrected chi connectivity index (χ0v) is 13.7. The van der Waals surface area contributed by atoms with Crippen LogP contribution in [-0.2, 0) is 0 Å². The number of benzene rings is 1. The molecule has 2 amide bonds. The summed E-state index contributed by atoms with van der Waals surface area (Å²) in [7, 11) is 0. The first-order chi connectivity index (χ1) is 10.7. The van der Waals surface area contributed by atoms with E-state index in [1.54, 1.807) is 6.20 Å². The third-order valence-corrected chi connectivity index (χ3v) is 4.35. The fourth-order valence-electron chi connectivity index (χ4n) is 2.44. The largest absolute Gasteiger partial charge is 0.353 e. The number of hydrogen-bond donors (Lipinski definition) is 1. The lowest BCUT2D eigenvalue weighted by molar-refractivity contribution is 0.208. The number of amides is 2. The molecule has 0 radical (unpaired) electrons. The van der Waals surface area contributed by atoms with E-state index in [2.05, 4.69) is 31.1 Å². The van der Waals surface area contributed by atoms with Gasteiger partial charge in [-0.3, -0.25) is 0 Å². The molecule has 0 saturated carbocycles. The SMILES string of the molecule is O=C(Nc1ccccc1Br)N1CCN(c2ccccn2)CC1. The Kier molecular flexibility index (Phi) is 4.58. The third kappa shape index (κ3) is 3.39. The summed E-state index contributed by atoms with van der Waals surface area (Å²) in [4.78, 5) is 20.7. The van der Waals surface area contributed by atoms with E-state index in [9.17, 15) is 4.79 Å².